The van der Waals surface area contributed by atoms with E-state index in [1.165, 1.54) is 5.56 Å². The molecule has 1 N–H and O–H groups in total. The Hall–Kier alpha value is -1.42. The van der Waals surface area contributed by atoms with Gasteiger partial charge in [-0.2, -0.15) is 0 Å². The highest BCUT2D eigenvalue weighted by Gasteiger charge is 2.36. The lowest BCUT2D eigenvalue weighted by Crippen LogP contribution is -2.50. The normalized spacial score (nSPS) is 26.6. The molecular formula is C16H23N3O. The fraction of sp³-hybridized carbons (Fsp3) is 0.625. The molecule has 2 heterocycles. The summed E-state index contributed by atoms with van der Waals surface area (Å²) in [5.41, 5.74) is 1.22. The van der Waals surface area contributed by atoms with E-state index in [2.05, 4.69) is 28.2 Å². The number of hydrogen-bond donors (Lipinski definition) is 1. The van der Waals surface area contributed by atoms with E-state index < -0.39 is 0 Å². The Kier molecular flexibility index (Phi) is 4.01. The highest BCUT2D eigenvalue weighted by Crippen LogP contribution is 2.32. The van der Waals surface area contributed by atoms with Gasteiger partial charge in [0.15, 0.2) is 0 Å². The van der Waals surface area contributed by atoms with Crippen LogP contribution >= 0.6 is 0 Å². The van der Waals surface area contributed by atoms with Crippen molar-refractivity contribution in [2.45, 2.75) is 38.8 Å². The van der Waals surface area contributed by atoms with Crippen molar-refractivity contribution in [3.63, 3.8) is 0 Å². The second kappa shape index (κ2) is 5.92. The van der Waals surface area contributed by atoms with E-state index >= 15 is 0 Å². The highest BCUT2D eigenvalue weighted by molar-refractivity contribution is 5.81. The first-order valence-corrected chi connectivity index (χ1v) is 7.65. The lowest BCUT2D eigenvalue weighted by Gasteiger charge is -2.37. The number of amides is 1. The fourth-order valence-electron chi connectivity index (χ4n) is 2.99. The summed E-state index contributed by atoms with van der Waals surface area (Å²) >= 11 is 0. The summed E-state index contributed by atoms with van der Waals surface area (Å²) in [7, 11) is 0. The van der Waals surface area contributed by atoms with Crippen molar-refractivity contribution in [3.05, 3.63) is 30.1 Å². The van der Waals surface area contributed by atoms with Gasteiger partial charge in [-0.1, -0.05) is 13.0 Å². The van der Waals surface area contributed by atoms with Gasteiger partial charge in [0, 0.05) is 44.0 Å². The molecule has 0 unspecified atom stereocenters. The number of pyridine rings is 1. The third kappa shape index (κ3) is 3.18. The molecule has 1 aromatic heterocycles. The van der Waals surface area contributed by atoms with Crippen LogP contribution in [0.4, 0.5) is 0 Å². The van der Waals surface area contributed by atoms with Crippen LogP contribution in [0.1, 0.15) is 31.7 Å². The van der Waals surface area contributed by atoms with Crippen molar-refractivity contribution in [2.24, 2.45) is 11.8 Å². The van der Waals surface area contributed by atoms with Crippen LogP contribution in [0.15, 0.2) is 24.5 Å². The molecule has 4 nitrogen and oxygen atoms in total. The number of likely N-dealkylation sites (tertiary alicyclic amines) is 1. The summed E-state index contributed by atoms with van der Waals surface area (Å²) in [6.45, 7) is 4.91. The molecule has 0 radical (unpaired) electrons. The Morgan fingerprint density at radius 2 is 2.30 bits per heavy atom. The first-order valence-electron chi connectivity index (χ1n) is 7.65. The van der Waals surface area contributed by atoms with Gasteiger partial charge in [-0.15, -0.1) is 0 Å². The topological polar surface area (TPSA) is 45.2 Å². The van der Waals surface area contributed by atoms with Crippen LogP contribution in [0.25, 0.3) is 0 Å². The second-order valence-corrected chi connectivity index (χ2v) is 6.17. The maximum absolute atomic E-state index is 12.1. The third-order valence-corrected chi connectivity index (χ3v) is 4.43. The quantitative estimate of drug-likeness (QED) is 0.910. The molecule has 1 saturated heterocycles. The van der Waals surface area contributed by atoms with E-state index in [4.69, 9.17) is 0 Å². The summed E-state index contributed by atoms with van der Waals surface area (Å²) in [5, 5.41) is 3.61. The molecule has 0 spiro atoms. The zero-order chi connectivity index (χ0) is 13.9. The molecule has 0 bridgehead atoms. The van der Waals surface area contributed by atoms with Crippen molar-refractivity contribution >= 4 is 5.91 Å². The van der Waals surface area contributed by atoms with Crippen molar-refractivity contribution in [1.29, 1.82) is 0 Å². The molecule has 2 fully saturated rings. The van der Waals surface area contributed by atoms with Crippen LogP contribution in [0, 0.1) is 11.8 Å². The summed E-state index contributed by atoms with van der Waals surface area (Å²) < 4.78 is 0. The Morgan fingerprint density at radius 3 is 2.95 bits per heavy atom. The van der Waals surface area contributed by atoms with E-state index in [1.54, 1.807) is 6.20 Å². The monoisotopic (exact) mass is 273 g/mol. The zero-order valence-electron chi connectivity index (χ0n) is 12.1. The second-order valence-electron chi connectivity index (χ2n) is 6.17. The summed E-state index contributed by atoms with van der Waals surface area (Å²) in [6.07, 6.45) is 6.97. The predicted octanol–water partition coefficient (Wildman–Crippen LogP) is 1.82. The molecule has 2 atom stereocenters. The zero-order valence-corrected chi connectivity index (χ0v) is 12.1. The van der Waals surface area contributed by atoms with E-state index in [0.717, 1.165) is 38.9 Å². The summed E-state index contributed by atoms with van der Waals surface area (Å²) in [5.74, 6) is 1.26. The Morgan fingerprint density at radius 1 is 1.45 bits per heavy atom. The first-order chi connectivity index (χ1) is 9.74. The first kappa shape index (κ1) is 13.6. The number of rotatable bonds is 4. The van der Waals surface area contributed by atoms with Crippen LogP contribution in [0.3, 0.4) is 0 Å². The van der Waals surface area contributed by atoms with Gasteiger partial charge in [-0.25, -0.2) is 0 Å². The summed E-state index contributed by atoms with van der Waals surface area (Å²) in [6, 6.07) is 4.56. The Bertz CT molecular complexity index is 458. The van der Waals surface area contributed by atoms with Crippen LogP contribution in [0.5, 0.6) is 0 Å². The van der Waals surface area contributed by atoms with E-state index in [9.17, 15) is 4.79 Å². The molecule has 1 aromatic rings. The molecule has 1 amide bonds. The van der Waals surface area contributed by atoms with Crippen molar-refractivity contribution in [2.75, 3.05) is 13.1 Å². The summed E-state index contributed by atoms with van der Waals surface area (Å²) in [4.78, 5) is 18.3. The maximum Gasteiger partial charge on any atom is 0.225 e. The smallest absolute Gasteiger partial charge is 0.225 e. The highest BCUT2D eigenvalue weighted by atomic mass is 16.2. The number of hydrogen-bond acceptors (Lipinski definition) is 3. The van der Waals surface area contributed by atoms with Gasteiger partial charge >= 0.3 is 0 Å². The van der Waals surface area contributed by atoms with E-state index in [-0.39, 0.29) is 0 Å². The van der Waals surface area contributed by atoms with E-state index in [1.807, 2.05) is 12.3 Å². The number of nitrogens with one attached hydrogen (secondary N) is 1. The minimum absolute atomic E-state index is 0.349. The molecule has 1 aliphatic heterocycles. The van der Waals surface area contributed by atoms with Gasteiger partial charge in [0.25, 0.3) is 0 Å². The number of piperidine rings is 1. The predicted molar refractivity (Wildman–Crippen MR) is 77.9 cm³/mol. The van der Waals surface area contributed by atoms with Gasteiger partial charge in [-0.3, -0.25) is 9.78 Å². The minimum Gasteiger partial charge on any atom is -0.342 e. The Balaban J connectivity index is 1.48. The molecule has 20 heavy (non-hydrogen) atoms. The number of aromatic nitrogens is 1. The molecule has 1 aliphatic carbocycles. The number of nitrogens with zero attached hydrogens (tertiary/aromatic N) is 2. The van der Waals surface area contributed by atoms with E-state index in [0.29, 0.717) is 23.8 Å². The minimum atomic E-state index is 0.349. The van der Waals surface area contributed by atoms with Crippen LogP contribution in [-0.2, 0) is 11.3 Å². The van der Waals surface area contributed by atoms with Crippen LogP contribution in [-0.4, -0.2) is 34.9 Å². The van der Waals surface area contributed by atoms with Gasteiger partial charge in [-0.05, 0) is 36.8 Å². The molecule has 4 heteroatoms. The number of carbonyl (C=O) groups excluding carboxylic acids is 1. The molecule has 1 saturated carbocycles. The van der Waals surface area contributed by atoms with Crippen molar-refractivity contribution < 1.29 is 4.79 Å². The SMILES string of the molecule is C[C@@H]1CN(C(=O)C2CC2)CC[C@@H]1NCc1cccnc1. The largest absolute Gasteiger partial charge is 0.342 e. The molecule has 2 aliphatic rings. The van der Waals surface area contributed by atoms with Gasteiger partial charge in [0.1, 0.15) is 0 Å². The van der Waals surface area contributed by atoms with Crippen molar-refractivity contribution in [1.82, 2.24) is 15.2 Å². The third-order valence-electron chi connectivity index (χ3n) is 4.43. The van der Waals surface area contributed by atoms with Crippen LogP contribution in [0.2, 0.25) is 0 Å². The lowest BCUT2D eigenvalue weighted by atomic mass is 9.93. The fourth-order valence-corrected chi connectivity index (χ4v) is 2.99. The molecule has 3 rings (SSSR count). The van der Waals surface area contributed by atoms with Gasteiger partial charge in [0.05, 0.1) is 0 Å². The number of carbonyl (C=O) groups is 1. The van der Waals surface area contributed by atoms with Crippen molar-refractivity contribution in [3.8, 4) is 0 Å². The van der Waals surface area contributed by atoms with Gasteiger partial charge in [0.2, 0.25) is 5.91 Å². The molecular weight excluding hydrogens is 250 g/mol. The maximum atomic E-state index is 12.1. The average Bonchev–Trinajstić information content (AvgIpc) is 3.31. The lowest BCUT2D eigenvalue weighted by molar-refractivity contribution is -0.134. The average molecular weight is 273 g/mol. The molecule has 108 valence electrons. The molecule has 0 aromatic carbocycles. The van der Waals surface area contributed by atoms with Gasteiger partial charge < -0.3 is 10.2 Å². The van der Waals surface area contributed by atoms with Crippen LogP contribution < -0.4 is 5.32 Å². The Labute approximate surface area is 120 Å². The standard InChI is InChI=1S/C16H23N3O/c1-12-11-19(16(20)14-4-5-14)8-6-15(12)18-10-13-3-2-7-17-9-13/h2-3,7,9,12,14-15,18H,4-6,8,10-11H2,1H3/t12-,15+/m1/s1.